The Morgan fingerprint density at radius 2 is 1.93 bits per heavy atom. The maximum Gasteiger partial charge on any atom is 0.132 e. The standard InChI is InChI=1S/C22H28N4O/c1-3-16-12-20(24-14-23-16)26-13-18(17-6-4-5-7-19(17)27-2)22-21(26)15-8-10-25(22)11-9-15/h4-7,12,14-15,18,21-22H,3,8-11,13H2,1-2H3/t18-,21+,22+/m1/s1. The van der Waals surface area contributed by atoms with E-state index in [0.717, 1.165) is 36.1 Å². The number of methoxy groups -OCH3 is 1. The number of fused-ring (bicyclic) bond motifs is 2. The number of benzene rings is 1. The van der Waals surface area contributed by atoms with Crippen LogP contribution in [-0.4, -0.2) is 53.7 Å². The van der Waals surface area contributed by atoms with E-state index in [4.69, 9.17) is 4.74 Å². The van der Waals surface area contributed by atoms with Crippen molar-refractivity contribution < 1.29 is 4.74 Å². The number of hydrogen-bond acceptors (Lipinski definition) is 5. The molecule has 0 radical (unpaired) electrons. The molecule has 1 aromatic heterocycles. The molecule has 5 heteroatoms. The zero-order valence-corrected chi connectivity index (χ0v) is 16.2. The highest BCUT2D eigenvalue weighted by atomic mass is 16.5. The second-order valence-corrected chi connectivity index (χ2v) is 8.08. The van der Waals surface area contributed by atoms with Crippen molar-refractivity contribution in [1.82, 2.24) is 14.9 Å². The third-order valence-electron chi connectivity index (χ3n) is 6.90. The summed E-state index contributed by atoms with van der Waals surface area (Å²) in [5.74, 6) is 3.33. The van der Waals surface area contributed by atoms with Gasteiger partial charge in [-0.05, 0) is 44.3 Å². The summed E-state index contributed by atoms with van der Waals surface area (Å²) in [4.78, 5) is 14.4. The molecule has 4 saturated heterocycles. The maximum atomic E-state index is 5.73. The Hall–Kier alpha value is -2.14. The molecular formula is C22H28N4O. The molecule has 2 aromatic rings. The fourth-order valence-corrected chi connectivity index (χ4v) is 5.66. The number of aryl methyl sites for hydroxylation is 1. The molecule has 6 rings (SSSR count). The molecule has 0 saturated carbocycles. The minimum Gasteiger partial charge on any atom is -0.496 e. The van der Waals surface area contributed by atoms with Crippen LogP contribution in [0.25, 0.3) is 0 Å². The monoisotopic (exact) mass is 364 g/mol. The van der Waals surface area contributed by atoms with E-state index in [9.17, 15) is 0 Å². The van der Waals surface area contributed by atoms with Crippen LogP contribution in [0.2, 0.25) is 0 Å². The number of nitrogens with zero attached hydrogens (tertiary/aromatic N) is 4. The Kier molecular flexibility index (Phi) is 4.27. The second kappa shape index (κ2) is 6.79. The molecule has 5 heterocycles. The average molecular weight is 364 g/mol. The Morgan fingerprint density at radius 1 is 1.11 bits per heavy atom. The molecular weight excluding hydrogens is 336 g/mol. The van der Waals surface area contributed by atoms with Crippen molar-refractivity contribution >= 4 is 5.82 Å². The number of ether oxygens (including phenoxy) is 1. The summed E-state index contributed by atoms with van der Waals surface area (Å²) in [6, 6.07) is 11.9. The van der Waals surface area contributed by atoms with Gasteiger partial charge in [-0.1, -0.05) is 25.1 Å². The molecule has 2 bridgehead atoms. The lowest BCUT2D eigenvalue weighted by Crippen LogP contribution is -2.60. The second-order valence-electron chi connectivity index (χ2n) is 8.08. The Morgan fingerprint density at radius 3 is 2.70 bits per heavy atom. The molecule has 142 valence electrons. The summed E-state index contributed by atoms with van der Waals surface area (Å²) in [7, 11) is 1.79. The third-order valence-corrected chi connectivity index (χ3v) is 6.90. The Bertz CT molecular complexity index is 817. The van der Waals surface area contributed by atoms with Crippen LogP contribution in [0.5, 0.6) is 5.75 Å². The number of para-hydroxylation sites is 1. The zero-order chi connectivity index (χ0) is 18.4. The topological polar surface area (TPSA) is 41.5 Å². The van der Waals surface area contributed by atoms with Gasteiger partial charge in [0.2, 0.25) is 0 Å². The summed E-state index contributed by atoms with van der Waals surface area (Å²) in [5.41, 5.74) is 2.47. The summed E-state index contributed by atoms with van der Waals surface area (Å²) < 4.78 is 5.73. The minimum atomic E-state index is 0.453. The van der Waals surface area contributed by atoms with E-state index >= 15 is 0 Å². The highest BCUT2D eigenvalue weighted by Crippen LogP contribution is 2.49. The SMILES string of the molecule is CCc1cc(N2C[C@H](c3ccccc3OC)[C@H]3[C@@H]2C2CCN3CC2)ncn1. The van der Waals surface area contributed by atoms with Crippen molar-refractivity contribution in [2.24, 2.45) is 5.92 Å². The van der Waals surface area contributed by atoms with Crippen molar-refractivity contribution in [3.05, 3.63) is 47.9 Å². The normalized spacial score (nSPS) is 31.8. The number of rotatable bonds is 4. The average Bonchev–Trinajstić information content (AvgIpc) is 3.17. The van der Waals surface area contributed by atoms with E-state index in [2.05, 4.69) is 57.0 Å². The number of hydrogen-bond donors (Lipinski definition) is 0. The summed E-state index contributed by atoms with van der Waals surface area (Å²) >= 11 is 0. The molecule has 3 atom stereocenters. The molecule has 4 aliphatic rings. The molecule has 0 N–H and O–H groups in total. The van der Waals surface area contributed by atoms with Crippen molar-refractivity contribution in [3.63, 3.8) is 0 Å². The molecule has 0 unspecified atom stereocenters. The van der Waals surface area contributed by atoms with E-state index in [0.29, 0.717) is 18.0 Å². The van der Waals surface area contributed by atoms with Gasteiger partial charge >= 0.3 is 0 Å². The summed E-state index contributed by atoms with van der Waals surface area (Å²) in [6.45, 7) is 5.62. The molecule has 0 aliphatic carbocycles. The maximum absolute atomic E-state index is 5.73. The summed E-state index contributed by atoms with van der Waals surface area (Å²) in [6.07, 6.45) is 5.30. The molecule has 27 heavy (non-hydrogen) atoms. The van der Waals surface area contributed by atoms with Crippen LogP contribution in [0.3, 0.4) is 0 Å². The van der Waals surface area contributed by atoms with Gasteiger partial charge in [0.1, 0.15) is 17.9 Å². The van der Waals surface area contributed by atoms with E-state index in [1.54, 1.807) is 13.4 Å². The van der Waals surface area contributed by atoms with Gasteiger partial charge in [-0.3, -0.25) is 4.90 Å². The van der Waals surface area contributed by atoms with Crippen LogP contribution in [0.15, 0.2) is 36.7 Å². The number of aromatic nitrogens is 2. The lowest BCUT2D eigenvalue weighted by atomic mass is 9.75. The first-order valence-electron chi connectivity index (χ1n) is 10.2. The van der Waals surface area contributed by atoms with Crippen molar-refractivity contribution in [1.29, 1.82) is 0 Å². The van der Waals surface area contributed by atoms with E-state index < -0.39 is 0 Å². The predicted molar refractivity (Wildman–Crippen MR) is 106 cm³/mol. The van der Waals surface area contributed by atoms with Gasteiger partial charge in [0.15, 0.2) is 0 Å². The minimum absolute atomic E-state index is 0.453. The highest BCUT2D eigenvalue weighted by molar-refractivity contribution is 5.49. The van der Waals surface area contributed by atoms with Gasteiger partial charge in [0, 0.05) is 41.9 Å². The fourth-order valence-electron chi connectivity index (χ4n) is 5.66. The highest BCUT2D eigenvalue weighted by Gasteiger charge is 2.54. The first kappa shape index (κ1) is 17.0. The first-order chi connectivity index (χ1) is 13.3. The van der Waals surface area contributed by atoms with Crippen LogP contribution in [0, 0.1) is 5.92 Å². The van der Waals surface area contributed by atoms with Crippen LogP contribution < -0.4 is 9.64 Å². The quantitative estimate of drug-likeness (QED) is 0.834. The first-order valence-corrected chi connectivity index (χ1v) is 10.2. The van der Waals surface area contributed by atoms with Crippen LogP contribution in [0.1, 0.15) is 36.9 Å². The number of anilines is 1. The molecule has 4 aliphatic heterocycles. The lowest BCUT2D eigenvalue weighted by Gasteiger charge is -2.51. The van der Waals surface area contributed by atoms with Crippen molar-refractivity contribution in [2.45, 2.75) is 44.2 Å². The van der Waals surface area contributed by atoms with Gasteiger partial charge in [0.05, 0.1) is 7.11 Å². The zero-order valence-electron chi connectivity index (χ0n) is 16.2. The molecule has 4 fully saturated rings. The Balaban J connectivity index is 1.57. The van der Waals surface area contributed by atoms with Gasteiger partial charge in [-0.25, -0.2) is 9.97 Å². The van der Waals surface area contributed by atoms with E-state index in [-0.39, 0.29) is 0 Å². The van der Waals surface area contributed by atoms with Crippen LogP contribution in [-0.2, 0) is 6.42 Å². The molecule has 0 spiro atoms. The summed E-state index contributed by atoms with van der Waals surface area (Å²) in [5, 5.41) is 0. The van der Waals surface area contributed by atoms with Crippen molar-refractivity contribution in [2.75, 3.05) is 31.6 Å². The van der Waals surface area contributed by atoms with Gasteiger partial charge < -0.3 is 9.64 Å². The lowest BCUT2D eigenvalue weighted by molar-refractivity contribution is 0.0352. The smallest absolute Gasteiger partial charge is 0.132 e. The predicted octanol–water partition coefficient (Wildman–Crippen LogP) is 3.11. The fraction of sp³-hybridized carbons (Fsp3) is 0.545. The molecule has 0 amide bonds. The van der Waals surface area contributed by atoms with Gasteiger partial charge in [-0.2, -0.15) is 0 Å². The van der Waals surface area contributed by atoms with Gasteiger partial charge in [0.25, 0.3) is 0 Å². The third kappa shape index (κ3) is 2.71. The number of piperidine rings is 3. The molecule has 1 aromatic carbocycles. The van der Waals surface area contributed by atoms with Gasteiger partial charge in [-0.15, -0.1) is 0 Å². The van der Waals surface area contributed by atoms with E-state index in [1.807, 2.05) is 0 Å². The van der Waals surface area contributed by atoms with Crippen LogP contribution in [0.4, 0.5) is 5.82 Å². The molecule has 5 nitrogen and oxygen atoms in total. The largest absolute Gasteiger partial charge is 0.496 e. The van der Waals surface area contributed by atoms with Crippen molar-refractivity contribution in [3.8, 4) is 5.75 Å². The van der Waals surface area contributed by atoms with Crippen LogP contribution >= 0.6 is 0 Å². The Labute approximate surface area is 161 Å². The van der Waals surface area contributed by atoms with E-state index in [1.165, 1.54) is 31.5 Å².